The van der Waals surface area contributed by atoms with E-state index in [-0.39, 0.29) is 18.1 Å². The fraction of sp³-hybridized carbons (Fsp3) is 0.357. The Balaban J connectivity index is 1.47. The molecule has 0 aliphatic heterocycles. The largest absolute Gasteiger partial charge is 0.494 e. The summed E-state index contributed by atoms with van der Waals surface area (Å²) in [5.74, 6) is 3.62. The van der Waals surface area contributed by atoms with Gasteiger partial charge in [0.15, 0.2) is 18.2 Å². The van der Waals surface area contributed by atoms with Crippen LogP contribution < -0.4 is 20.1 Å². The molecule has 2 heterocycles. The lowest BCUT2D eigenvalue weighted by Crippen LogP contribution is -2.43. The zero-order valence-corrected chi connectivity index (χ0v) is 21.6. The molecule has 0 saturated heterocycles. The van der Waals surface area contributed by atoms with Crippen molar-refractivity contribution in [1.29, 1.82) is 0 Å². The minimum Gasteiger partial charge on any atom is -0.494 e. The van der Waals surface area contributed by atoms with Crippen LogP contribution in [-0.2, 0) is 4.79 Å². The topological polar surface area (TPSA) is 114 Å². The number of carbonyl (C=O) groups is 1. The molecule has 192 valence electrons. The number of benzene rings is 2. The Morgan fingerprint density at radius 2 is 1.86 bits per heavy atom. The van der Waals surface area contributed by atoms with Gasteiger partial charge in [0.05, 0.1) is 12.1 Å². The van der Waals surface area contributed by atoms with E-state index >= 15 is 0 Å². The Hall–Kier alpha value is -4.14. The summed E-state index contributed by atoms with van der Waals surface area (Å²) in [5, 5.41) is 14.6. The average Bonchev–Trinajstić information content (AvgIpc) is 3.60. The van der Waals surface area contributed by atoms with Crippen molar-refractivity contribution in [3.05, 3.63) is 54.2 Å². The molecule has 5 rings (SSSR count). The molecule has 9 heteroatoms. The number of rotatable bonds is 9. The molecule has 2 aromatic carbocycles. The molecular formula is C28H32N6O3. The molecule has 1 aliphatic carbocycles. The number of hydrogen-bond acceptors (Lipinski definition) is 7. The van der Waals surface area contributed by atoms with Gasteiger partial charge in [-0.3, -0.25) is 9.89 Å². The van der Waals surface area contributed by atoms with E-state index in [2.05, 4.69) is 20.8 Å². The zero-order chi connectivity index (χ0) is 26.0. The number of ether oxygens (including phenoxy) is 2. The van der Waals surface area contributed by atoms with Crippen LogP contribution in [0.15, 0.2) is 48.7 Å². The van der Waals surface area contributed by atoms with Crippen LogP contribution in [0, 0.1) is 0 Å². The van der Waals surface area contributed by atoms with Crippen LogP contribution in [0.2, 0.25) is 0 Å². The first kappa shape index (κ1) is 24.5. The molecule has 1 fully saturated rings. The maximum absolute atomic E-state index is 12.2. The number of aromatic amines is 1. The summed E-state index contributed by atoms with van der Waals surface area (Å²) in [5.41, 5.74) is 2.39. The minimum absolute atomic E-state index is 0.0740. The van der Waals surface area contributed by atoms with Crippen molar-refractivity contribution < 1.29 is 14.3 Å². The van der Waals surface area contributed by atoms with Gasteiger partial charge in [-0.15, -0.1) is 0 Å². The number of hydrogen-bond donors (Lipinski definition) is 3. The van der Waals surface area contributed by atoms with E-state index in [9.17, 15) is 4.79 Å². The number of nitrogens with one attached hydrogen (secondary N) is 3. The Kier molecular flexibility index (Phi) is 6.69. The highest BCUT2D eigenvalue weighted by Crippen LogP contribution is 2.43. The van der Waals surface area contributed by atoms with Gasteiger partial charge in [0.25, 0.3) is 5.91 Å². The van der Waals surface area contributed by atoms with Crippen molar-refractivity contribution in [2.75, 3.05) is 18.5 Å². The first-order valence-corrected chi connectivity index (χ1v) is 12.6. The number of carbonyl (C=O) groups excluding carboxylic acids is 1. The van der Waals surface area contributed by atoms with E-state index in [0.717, 1.165) is 28.0 Å². The molecule has 2 aromatic heterocycles. The first-order chi connectivity index (χ1) is 17.8. The normalized spacial score (nSPS) is 13.4. The third-order valence-electron chi connectivity index (χ3n) is 5.88. The van der Waals surface area contributed by atoms with Crippen LogP contribution in [0.4, 0.5) is 11.6 Å². The zero-order valence-electron chi connectivity index (χ0n) is 21.6. The van der Waals surface area contributed by atoms with Crippen molar-refractivity contribution in [3.8, 4) is 22.9 Å². The highest BCUT2D eigenvalue weighted by molar-refractivity contribution is 5.93. The number of anilines is 2. The molecule has 4 aromatic rings. The van der Waals surface area contributed by atoms with Gasteiger partial charge in [-0.1, -0.05) is 12.1 Å². The van der Waals surface area contributed by atoms with E-state index in [4.69, 9.17) is 19.4 Å². The summed E-state index contributed by atoms with van der Waals surface area (Å²) in [7, 11) is 0. The fourth-order valence-corrected chi connectivity index (χ4v) is 4.13. The van der Waals surface area contributed by atoms with Gasteiger partial charge in [0.2, 0.25) is 0 Å². The first-order valence-electron chi connectivity index (χ1n) is 12.6. The van der Waals surface area contributed by atoms with Gasteiger partial charge in [0.1, 0.15) is 17.3 Å². The van der Waals surface area contributed by atoms with Crippen molar-refractivity contribution in [3.63, 3.8) is 0 Å². The second-order valence-electron chi connectivity index (χ2n) is 10.2. The summed E-state index contributed by atoms with van der Waals surface area (Å²) >= 11 is 0. The number of nitrogens with zero attached hydrogens (tertiary/aromatic N) is 3. The van der Waals surface area contributed by atoms with Crippen molar-refractivity contribution >= 4 is 28.4 Å². The second-order valence-corrected chi connectivity index (χ2v) is 10.2. The average molecular weight is 501 g/mol. The van der Waals surface area contributed by atoms with Crippen LogP contribution >= 0.6 is 0 Å². The lowest BCUT2D eigenvalue weighted by atomic mass is 10.1. The van der Waals surface area contributed by atoms with E-state index in [1.54, 1.807) is 0 Å². The van der Waals surface area contributed by atoms with Crippen LogP contribution in [0.1, 0.15) is 52.0 Å². The molecule has 0 atom stereocenters. The highest BCUT2D eigenvalue weighted by Gasteiger charge is 2.28. The molecule has 3 N–H and O–H groups in total. The summed E-state index contributed by atoms with van der Waals surface area (Å²) in [6.45, 7) is 8.25. The lowest BCUT2D eigenvalue weighted by Gasteiger charge is -2.20. The van der Waals surface area contributed by atoms with Crippen LogP contribution in [0.3, 0.4) is 0 Å². The predicted octanol–water partition coefficient (Wildman–Crippen LogP) is 5.33. The van der Waals surface area contributed by atoms with E-state index in [0.29, 0.717) is 29.9 Å². The molecule has 37 heavy (non-hydrogen) atoms. The number of aromatic nitrogens is 4. The molecule has 1 saturated carbocycles. The second kappa shape index (κ2) is 10.1. The van der Waals surface area contributed by atoms with Crippen molar-refractivity contribution in [1.82, 2.24) is 25.5 Å². The Morgan fingerprint density at radius 1 is 1.05 bits per heavy atom. The van der Waals surface area contributed by atoms with Crippen LogP contribution in [-0.4, -0.2) is 44.8 Å². The Labute approximate surface area is 216 Å². The molecule has 9 nitrogen and oxygen atoms in total. The molecule has 0 radical (unpaired) electrons. The highest BCUT2D eigenvalue weighted by atomic mass is 16.5. The van der Waals surface area contributed by atoms with Crippen molar-refractivity contribution in [2.45, 2.75) is 52.0 Å². The number of H-pyrrole nitrogens is 1. The summed E-state index contributed by atoms with van der Waals surface area (Å²) in [6.07, 6.45) is 4.28. The van der Waals surface area contributed by atoms with Crippen LogP contribution in [0.25, 0.3) is 22.3 Å². The minimum atomic E-state index is -0.319. The van der Waals surface area contributed by atoms with E-state index < -0.39 is 0 Å². The third kappa shape index (κ3) is 5.99. The maximum Gasteiger partial charge on any atom is 0.258 e. The van der Waals surface area contributed by atoms with E-state index in [1.807, 2.05) is 76.4 Å². The van der Waals surface area contributed by atoms with Gasteiger partial charge < -0.3 is 20.1 Å². The van der Waals surface area contributed by atoms with Crippen molar-refractivity contribution in [2.24, 2.45) is 0 Å². The van der Waals surface area contributed by atoms with Gasteiger partial charge in [-0.2, -0.15) is 5.10 Å². The Bertz CT molecular complexity index is 1420. The molecule has 0 unspecified atom stereocenters. The SMILES string of the molecule is CCOc1ccc2nc(-c3cccc(OCC(=O)NC(C)(C)C)c3)nc(Nc3n[nH]cc3C3CC3)c2c1. The van der Waals surface area contributed by atoms with E-state index in [1.165, 1.54) is 18.4 Å². The molecule has 1 aliphatic rings. The maximum atomic E-state index is 12.2. The van der Waals surface area contributed by atoms with Gasteiger partial charge >= 0.3 is 0 Å². The monoisotopic (exact) mass is 500 g/mol. The fourth-order valence-electron chi connectivity index (χ4n) is 4.13. The third-order valence-corrected chi connectivity index (χ3v) is 5.88. The predicted molar refractivity (Wildman–Crippen MR) is 143 cm³/mol. The molecular weight excluding hydrogens is 468 g/mol. The molecule has 0 bridgehead atoms. The summed E-state index contributed by atoms with van der Waals surface area (Å²) < 4.78 is 11.5. The standard InChI is InChI=1S/C28H32N6O3/c1-5-36-20-11-12-23-21(14-20)26(32-27-22(15-29-34-27)17-9-10-17)31-25(30-23)18-7-6-8-19(13-18)37-16-24(35)33-28(2,3)4/h6-8,11-15,17H,5,9-10,16H2,1-4H3,(H,33,35)(H2,29,30,31,32,34). The molecule has 1 amide bonds. The van der Waals surface area contributed by atoms with Gasteiger partial charge in [0, 0.05) is 28.2 Å². The summed E-state index contributed by atoms with van der Waals surface area (Å²) in [4.78, 5) is 21.9. The lowest BCUT2D eigenvalue weighted by molar-refractivity contribution is -0.124. The number of amides is 1. The molecule has 0 spiro atoms. The number of fused-ring (bicyclic) bond motifs is 1. The smallest absolute Gasteiger partial charge is 0.258 e. The van der Waals surface area contributed by atoms with Crippen LogP contribution in [0.5, 0.6) is 11.5 Å². The quantitative estimate of drug-likeness (QED) is 0.284. The summed E-state index contributed by atoms with van der Waals surface area (Å²) in [6, 6.07) is 13.2. The van der Waals surface area contributed by atoms with Gasteiger partial charge in [-0.05, 0) is 76.8 Å². The van der Waals surface area contributed by atoms with Gasteiger partial charge in [-0.25, -0.2) is 9.97 Å². The Morgan fingerprint density at radius 3 is 2.62 bits per heavy atom.